The van der Waals surface area contributed by atoms with Crippen molar-refractivity contribution < 1.29 is 0 Å². The zero-order chi connectivity index (χ0) is 10.8. The third-order valence-corrected chi connectivity index (χ3v) is 2.90. The number of nitrogens with zero attached hydrogens (tertiary/aromatic N) is 1. The first-order valence-corrected chi connectivity index (χ1v) is 5.54. The van der Waals surface area contributed by atoms with Crippen LogP contribution in [0.3, 0.4) is 0 Å². The molecule has 0 aliphatic heterocycles. The Balaban J connectivity index is 2.44. The summed E-state index contributed by atoms with van der Waals surface area (Å²) in [5.41, 5.74) is 2.52. The van der Waals surface area contributed by atoms with E-state index in [1.807, 2.05) is 12.1 Å². The van der Waals surface area contributed by atoms with E-state index in [1.165, 1.54) is 16.6 Å². The van der Waals surface area contributed by atoms with E-state index in [-0.39, 0.29) is 0 Å². The number of benzene rings is 1. The van der Waals surface area contributed by atoms with Crippen LogP contribution >= 0.6 is 11.6 Å². The van der Waals surface area contributed by atoms with Gasteiger partial charge in [0.2, 0.25) is 0 Å². The Hall–Kier alpha value is -0.990. The molecule has 0 aliphatic rings. The van der Waals surface area contributed by atoms with Gasteiger partial charge in [0.1, 0.15) is 0 Å². The lowest BCUT2D eigenvalue weighted by Crippen LogP contribution is -2.14. The summed E-state index contributed by atoms with van der Waals surface area (Å²) in [5.74, 6) is 0. The van der Waals surface area contributed by atoms with Gasteiger partial charge in [0.25, 0.3) is 0 Å². The van der Waals surface area contributed by atoms with Gasteiger partial charge in [0, 0.05) is 35.2 Å². The van der Waals surface area contributed by atoms with E-state index >= 15 is 0 Å². The molecule has 1 N–H and O–H groups in total. The number of nitrogens with one attached hydrogen (secondary N) is 1. The molecule has 0 aliphatic carbocycles. The van der Waals surface area contributed by atoms with Gasteiger partial charge in [0.15, 0.2) is 0 Å². The molecule has 0 saturated carbocycles. The molecular weight excluding hydrogens is 208 g/mol. The van der Waals surface area contributed by atoms with Crippen molar-refractivity contribution in [2.45, 2.75) is 13.5 Å². The zero-order valence-corrected chi connectivity index (χ0v) is 9.80. The van der Waals surface area contributed by atoms with Crippen molar-refractivity contribution in [2.24, 2.45) is 7.05 Å². The topological polar surface area (TPSA) is 17.0 Å². The minimum atomic E-state index is 0.795. The van der Waals surface area contributed by atoms with Gasteiger partial charge in [-0.05, 0) is 30.8 Å². The van der Waals surface area contributed by atoms with E-state index in [4.69, 9.17) is 11.6 Å². The number of fused-ring (bicyclic) bond motifs is 1. The van der Waals surface area contributed by atoms with E-state index in [0.29, 0.717) is 0 Å². The van der Waals surface area contributed by atoms with Crippen LogP contribution in [0.25, 0.3) is 10.9 Å². The van der Waals surface area contributed by atoms with Gasteiger partial charge in [-0.2, -0.15) is 0 Å². The molecule has 2 nitrogen and oxygen atoms in total. The van der Waals surface area contributed by atoms with Crippen molar-refractivity contribution in [2.75, 3.05) is 6.54 Å². The summed E-state index contributed by atoms with van der Waals surface area (Å²) in [5, 5.41) is 5.33. The van der Waals surface area contributed by atoms with Crippen LogP contribution in [-0.2, 0) is 13.6 Å². The fraction of sp³-hybridized carbons (Fsp3) is 0.333. The molecule has 2 rings (SSSR count). The number of halogens is 1. The molecule has 1 heterocycles. The summed E-state index contributed by atoms with van der Waals surface area (Å²) < 4.78 is 2.20. The van der Waals surface area contributed by atoms with Gasteiger partial charge < -0.3 is 9.88 Å². The number of aromatic nitrogens is 1. The Morgan fingerprint density at radius 3 is 2.87 bits per heavy atom. The van der Waals surface area contributed by atoms with Gasteiger partial charge in [0.05, 0.1) is 0 Å². The Kier molecular flexibility index (Phi) is 2.98. The predicted octanol–water partition coefficient (Wildman–Crippen LogP) is 2.94. The fourth-order valence-electron chi connectivity index (χ4n) is 1.80. The highest BCUT2D eigenvalue weighted by atomic mass is 35.5. The van der Waals surface area contributed by atoms with Crippen LogP contribution in [0, 0.1) is 0 Å². The Bertz CT molecular complexity index is 474. The predicted molar refractivity (Wildman–Crippen MR) is 65.3 cm³/mol. The molecule has 0 fully saturated rings. The first-order chi connectivity index (χ1) is 7.22. The number of aryl methyl sites for hydroxylation is 1. The standard InChI is InChI=1S/C12H15ClN2/c1-3-14-8-11-7-9-6-10(13)4-5-12(9)15(11)2/h4-7,14H,3,8H2,1-2H3. The first kappa shape index (κ1) is 10.5. The quantitative estimate of drug-likeness (QED) is 0.845. The molecule has 0 spiro atoms. The Morgan fingerprint density at radius 2 is 2.13 bits per heavy atom. The number of hydrogen-bond acceptors (Lipinski definition) is 1. The van der Waals surface area contributed by atoms with E-state index in [1.54, 1.807) is 0 Å². The van der Waals surface area contributed by atoms with Gasteiger partial charge in [-0.1, -0.05) is 18.5 Å². The van der Waals surface area contributed by atoms with E-state index in [9.17, 15) is 0 Å². The van der Waals surface area contributed by atoms with E-state index < -0.39 is 0 Å². The molecule has 0 atom stereocenters. The Morgan fingerprint density at radius 1 is 1.33 bits per heavy atom. The second kappa shape index (κ2) is 4.25. The lowest BCUT2D eigenvalue weighted by atomic mass is 10.2. The third kappa shape index (κ3) is 2.01. The molecule has 0 bridgehead atoms. The lowest BCUT2D eigenvalue weighted by Gasteiger charge is -2.04. The van der Waals surface area contributed by atoms with Crippen molar-refractivity contribution in [1.82, 2.24) is 9.88 Å². The van der Waals surface area contributed by atoms with Crippen LogP contribution < -0.4 is 5.32 Å². The van der Waals surface area contributed by atoms with E-state index in [0.717, 1.165) is 18.1 Å². The molecule has 80 valence electrons. The summed E-state index contributed by atoms with van der Waals surface area (Å²) in [6.07, 6.45) is 0. The minimum absolute atomic E-state index is 0.795. The molecule has 15 heavy (non-hydrogen) atoms. The first-order valence-electron chi connectivity index (χ1n) is 5.17. The van der Waals surface area contributed by atoms with Gasteiger partial charge in [-0.15, -0.1) is 0 Å². The third-order valence-electron chi connectivity index (χ3n) is 2.66. The average molecular weight is 223 g/mol. The summed E-state index contributed by atoms with van der Waals surface area (Å²) >= 11 is 5.96. The highest BCUT2D eigenvalue weighted by Gasteiger charge is 2.04. The number of hydrogen-bond donors (Lipinski definition) is 1. The molecule has 0 radical (unpaired) electrons. The smallest absolute Gasteiger partial charge is 0.0481 e. The second-order valence-electron chi connectivity index (χ2n) is 3.68. The normalized spacial score (nSPS) is 11.1. The fourth-order valence-corrected chi connectivity index (χ4v) is 1.98. The van der Waals surface area contributed by atoms with Crippen LogP contribution in [0.15, 0.2) is 24.3 Å². The van der Waals surface area contributed by atoms with Gasteiger partial charge in [-0.25, -0.2) is 0 Å². The molecule has 2 aromatic rings. The highest BCUT2D eigenvalue weighted by Crippen LogP contribution is 2.22. The SMILES string of the molecule is CCNCc1cc2cc(Cl)ccc2n1C. The molecule has 1 aromatic heterocycles. The molecule has 0 saturated heterocycles. The largest absolute Gasteiger partial charge is 0.346 e. The van der Waals surface area contributed by atoms with Crippen LogP contribution in [-0.4, -0.2) is 11.1 Å². The van der Waals surface area contributed by atoms with Crippen molar-refractivity contribution in [3.8, 4) is 0 Å². The maximum absolute atomic E-state index is 5.96. The average Bonchev–Trinajstić information content (AvgIpc) is 2.52. The molecule has 3 heteroatoms. The summed E-state index contributed by atoms with van der Waals surface area (Å²) in [6, 6.07) is 8.18. The molecule has 0 amide bonds. The molecule has 0 unspecified atom stereocenters. The van der Waals surface area contributed by atoms with Crippen molar-refractivity contribution in [3.05, 3.63) is 35.0 Å². The molecular formula is C12H15ClN2. The van der Waals surface area contributed by atoms with Crippen molar-refractivity contribution >= 4 is 22.5 Å². The monoisotopic (exact) mass is 222 g/mol. The maximum atomic E-state index is 5.96. The van der Waals surface area contributed by atoms with Crippen molar-refractivity contribution in [3.63, 3.8) is 0 Å². The van der Waals surface area contributed by atoms with Gasteiger partial charge in [-0.3, -0.25) is 0 Å². The van der Waals surface area contributed by atoms with Crippen LogP contribution in [0.5, 0.6) is 0 Å². The van der Waals surface area contributed by atoms with Crippen molar-refractivity contribution in [1.29, 1.82) is 0 Å². The molecule has 1 aromatic carbocycles. The Labute approximate surface area is 94.8 Å². The summed E-state index contributed by atoms with van der Waals surface area (Å²) in [7, 11) is 2.09. The van der Waals surface area contributed by atoms with E-state index in [2.05, 4.69) is 36.0 Å². The number of rotatable bonds is 3. The maximum Gasteiger partial charge on any atom is 0.0481 e. The van der Waals surface area contributed by atoms with Crippen LogP contribution in [0.2, 0.25) is 5.02 Å². The summed E-state index contributed by atoms with van der Waals surface area (Å²) in [6.45, 7) is 4.00. The van der Waals surface area contributed by atoms with Crippen LogP contribution in [0.4, 0.5) is 0 Å². The lowest BCUT2D eigenvalue weighted by molar-refractivity contribution is 0.686. The minimum Gasteiger partial charge on any atom is -0.346 e. The highest BCUT2D eigenvalue weighted by molar-refractivity contribution is 6.31. The zero-order valence-electron chi connectivity index (χ0n) is 9.05. The van der Waals surface area contributed by atoms with Gasteiger partial charge >= 0.3 is 0 Å². The van der Waals surface area contributed by atoms with Crippen LogP contribution in [0.1, 0.15) is 12.6 Å². The second-order valence-corrected chi connectivity index (χ2v) is 4.11. The summed E-state index contributed by atoms with van der Waals surface area (Å²) in [4.78, 5) is 0.